The molecule has 0 amide bonds. The van der Waals surface area contributed by atoms with Gasteiger partial charge in [-0.2, -0.15) is 0 Å². The summed E-state index contributed by atoms with van der Waals surface area (Å²) < 4.78 is 5.28. The minimum atomic E-state index is 0.371. The van der Waals surface area contributed by atoms with Gasteiger partial charge >= 0.3 is 0 Å². The van der Waals surface area contributed by atoms with Gasteiger partial charge in [0.2, 0.25) is 5.95 Å². The van der Waals surface area contributed by atoms with Crippen molar-refractivity contribution in [2.24, 2.45) is 0 Å². The van der Waals surface area contributed by atoms with E-state index in [-0.39, 0.29) is 0 Å². The Labute approximate surface area is 155 Å². The molecule has 1 saturated carbocycles. The zero-order valence-electron chi connectivity index (χ0n) is 15.5. The molecule has 1 saturated heterocycles. The number of hydrogen-bond donors (Lipinski definition) is 1. The summed E-state index contributed by atoms with van der Waals surface area (Å²) in [6.45, 7) is 2.31. The van der Waals surface area contributed by atoms with E-state index in [0.29, 0.717) is 11.9 Å². The lowest BCUT2D eigenvalue weighted by Crippen LogP contribution is -2.41. The van der Waals surface area contributed by atoms with Crippen LogP contribution in [0.25, 0.3) is 11.1 Å². The highest BCUT2D eigenvalue weighted by Crippen LogP contribution is 2.36. The van der Waals surface area contributed by atoms with E-state index in [1.807, 2.05) is 18.3 Å². The van der Waals surface area contributed by atoms with Crippen LogP contribution in [0.2, 0.25) is 0 Å². The Kier molecular flexibility index (Phi) is 5.07. The SMILES string of the molecule is COc1ccc(-c2cnc(N)nc2[C@@H]2CCCN(C3CCCC3)C2)cc1. The zero-order valence-corrected chi connectivity index (χ0v) is 15.5. The predicted octanol–water partition coefficient (Wildman–Crippen LogP) is 3.86. The highest BCUT2D eigenvalue weighted by atomic mass is 16.5. The summed E-state index contributed by atoms with van der Waals surface area (Å²) in [7, 11) is 1.69. The first-order valence-corrected chi connectivity index (χ1v) is 9.75. The van der Waals surface area contributed by atoms with Crippen LogP contribution in [-0.4, -0.2) is 41.1 Å². The lowest BCUT2D eigenvalue weighted by Gasteiger charge is -2.37. The number of rotatable bonds is 4. The number of benzene rings is 1. The molecular formula is C21H28N4O. The van der Waals surface area contributed by atoms with Crippen LogP contribution < -0.4 is 10.5 Å². The summed E-state index contributed by atoms with van der Waals surface area (Å²) in [6.07, 6.45) is 9.74. The topological polar surface area (TPSA) is 64.3 Å². The molecule has 2 fully saturated rings. The second-order valence-electron chi connectivity index (χ2n) is 7.53. The average molecular weight is 352 g/mol. The second-order valence-corrected chi connectivity index (χ2v) is 7.53. The van der Waals surface area contributed by atoms with Crippen LogP contribution in [0.15, 0.2) is 30.5 Å². The van der Waals surface area contributed by atoms with Crippen LogP contribution in [0.3, 0.4) is 0 Å². The maximum Gasteiger partial charge on any atom is 0.220 e. The van der Waals surface area contributed by atoms with Crippen molar-refractivity contribution in [3.8, 4) is 16.9 Å². The van der Waals surface area contributed by atoms with Crippen molar-refractivity contribution in [1.29, 1.82) is 0 Å². The molecule has 1 aromatic heterocycles. The van der Waals surface area contributed by atoms with Gasteiger partial charge in [0.25, 0.3) is 0 Å². The number of methoxy groups -OCH3 is 1. The first-order valence-electron chi connectivity index (χ1n) is 9.75. The van der Waals surface area contributed by atoms with Crippen LogP contribution in [0.1, 0.15) is 50.1 Å². The third-order valence-corrected chi connectivity index (χ3v) is 5.92. The van der Waals surface area contributed by atoms with Crippen molar-refractivity contribution in [2.45, 2.75) is 50.5 Å². The van der Waals surface area contributed by atoms with Gasteiger partial charge in [-0.25, -0.2) is 9.97 Å². The van der Waals surface area contributed by atoms with E-state index in [1.165, 1.54) is 45.1 Å². The molecule has 2 heterocycles. The van der Waals surface area contributed by atoms with Gasteiger partial charge in [-0.15, -0.1) is 0 Å². The molecular weight excluding hydrogens is 324 g/mol. The first kappa shape index (κ1) is 17.3. The van der Waals surface area contributed by atoms with E-state index in [4.69, 9.17) is 10.5 Å². The molecule has 2 aliphatic rings. The Hall–Kier alpha value is -2.14. The molecule has 1 aliphatic heterocycles. The van der Waals surface area contributed by atoms with E-state index in [2.05, 4.69) is 27.0 Å². The van der Waals surface area contributed by atoms with E-state index >= 15 is 0 Å². The third kappa shape index (κ3) is 3.54. The van der Waals surface area contributed by atoms with Crippen LogP contribution in [0.4, 0.5) is 5.95 Å². The Morgan fingerprint density at radius 2 is 1.85 bits per heavy atom. The molecule has 26 heavy (non-hydrogen) atoms. The number of anilines is 1. The summed E-state index contributed by atoms with van der Waals surface area (Å²) in [5.74, 6) is 1.65. The van der Waals surface area contributed by atoms with Crippen LogP contribution in [-0.2, 0) is 0 Å². The number of nitrogens with two attached hydrogens (primary N) is 1. The summed E-state index contributed by atoms with van der Waals surface area (Å²) >= 11 is 0. The number of hydrogen-bond acceptors (Lipinski definition) is 5. The molecule has 2 aromatic rings. The van der Waals surface area contributed by atoms with E-state index in [0.717, 1.165) is 35.2 Å². The second kappa shape index (κ2) is 7.62. The molecule has 5 heteroatoms. The predicted molar refractivity (Wildman–Crippen MR) is 104 cm³/mol. The summed E-state index contributed by atoms with van der Waals surface area (Å²) in [6, 6.07) is 8.90. The number of piperidine rings is 1. The van der Waals surface area contributed by atoms with Crippen molar-refractivity contribution in [2.75, 3.05) is 25.9 Å². The fraction of sp³-hybridized carbons (Fsp3) is 0.524. The van der Waals surface area contributed by atoms with Crippen LogP contribution in [0, 0.1) is 0 Å². The standard InChI is InChI=1S/C21H28N4O/c1-26-18-10-8-15(9-11-18)19-13-23-21(22)24-20(19)16-5-4-12-25(14-16)17-6-2-3-7-17/h8-11,13,16-17H,2-7,12,14H2,1H3,(H2,22,23,24)/t16-/m1/s1. The maximum absolute atomic E-state index is 5.96. The largest absolute Gasteiger partial charge is 0.497 e. The highest BCUT2D eigenvalue weighted by Gasteiger charge is 2.30. The summed E-state index contributed by atoms with van der Waals surface area (Å²) in [4.78, 5) is 11.6. The minimum absolute atomic E-state index is 0.371. The van der Waals surface area contributed by atoms with Crippen LogP contribution >= 0.6 is 0 Å². The third-order valence-electron chi connectivity index (χ3n) is 5.92. The molecule has 0 radical (unpaired) electrons. The number of nitrogen functional groups attached to an aromatic ring is 1. The van der Waals surface area contributed by atoms with E-state index in [1.54, 1.807) is 7.11 Å². The molecule has 1 atom stereocenters. The van der Waals surface area contributed by atoms with E-state index in [9.17, 15) is 0 Å². The quantitative estimate of drug-likeness (QED) is 0.905. The van der Waals surface area contributed by atoms with Gasteiger partial charge in [0.15, 0.2) is 0 Å². The fourth-order valence-corrected chi connectivity index (χ4v) is 4.54. The Balaban J connectivity index is 1.63. The van der Waals surface area contributed by atoms with Crippen molar-refractivity contribution >= 4 is 5.95 Å². The van der Waals surface area contributed by atoms with Crippen LogP contribution in [0.5, 0.6) is 5.75 Å². The minimum Gasteiger partial charge on any atom is -0.497 e. The monoisotopic (exact) mass is 352 g/mol. The van der Waals surface area contributed by atoms with Crippen molar-refractivity contribution in [3.05, 3.63) is 36.2 Å². The highest BCUT2D eigenvalue weighted by molar-refractivity contribution is 5.67. The number of likely N-dealkylation sites (tertiary alicyclic amines) is 1. The van der Waals surface area contributed by atoms with E-state index < -0.39 is 0 Å². The van der Waals surface area contributed by atoms with Gasteiger partial charge in [-0.1, -0.05) is 25.0 Å². The summed E-state index contributed by atoms with van der Waals surface area (Å²) in [5, 5.41) is 0. The number of ether oxygens (including phenoxy) is 1. The Morgan fingerprint density at radius 3 is 2.58 bits per heavy atom. The summed E-state index contributed by atoms with van der Waals surface area (Å²) in [5.41, 5.74) is 9.28. The molecule has 1 aliphatic carbocycles. The Morgan fingerprint density at radius 1 is 1.08 bits per heavy atom. The Bertz CT molecular complexity index is 740. The van der Waals surface area contributed by atoms with Gasteiger partial charge in [-0.3, -0.25) is 4.90 Å². The molecule has 138 valence electrons. The lowest BCUT2D eigenvalue weighted by atomic mass is 9.89. The van der Waals surface area contributed by atoms with Crippen molar-refractivity contribution in [1.82, 2.24) is 14.9 Å². The molecule has 0 spiro atoms. The molecule has 2 N–H and O–H groups in total. The molecule has 1 aromatic carbocycles. The smallest absolute Gasteiger partial charge is 0.220 e. The van der Waals surface area contributed by atoms with Crippen molar-refractivity contribution < 1.29 is 4.74 Å². The molecule has 0 bridgehead atoms. The zero-order chi connectivity index (χ0) is 17.9. The molecule has 0 unspecified atom stereocenters. The first-order chi connectivity index (χ1) is 12.7. The van der Waals surface area contributed by atoms with Gasteiger partial charge in [-0.05, 0) is 49.9 Å². The van der Waals surface area contributed by atoms with Gasteiger partial charge in [0.1, 0.15) is 5.75 Å². The molecule has 4 rings (SSSR count). The van der Waals surface area contributed by atoms with Crippen molar-refractivity contribution in [3.63, 3.8) is 0 Å². The van der Waals surface area contributed by atoms with Gasteiger partial charge < -0.3 is 10.5 Å². The maximum atomic E-state index is 5.96. The van der Waals surface area contributed by atoms with Gasteiger partial charge in [0, 0.05) is 30.3 Å². The number of nitrogens with zero attached hydrogens (tertiary/aromatic N) is 3. The fourth-order valence-electron chi connectivity index (χ4n) is 4.54. The normalized spacial score (nSPS) is 21.8. The lowest BCUT2D eigenvalue weighted by molar-refractivity contribution is 0.149. The number of aromatic nitrogens is 2. The molecule has 5 nitrogen and oxygen atoms in total. The van der Waals surface area contributed by atoms with Gasteiger partial charge in [0.05, 0.1) is 12.8 Å². The average Bonchev–Trinajstić information content (AvgIpc) is 3.23.